The molecule has 0 aliphatic rings. The molecule has 2 aromatic carbocycles. The largest absolute Gasteiger partial charge is 0.339 e. The van der Waals surface area contributed by atoms with E-state index in [1.807, 2.05) is 18.2 Å². The Kier molecular flexibility index (Phi) is 7.82. The maximum atomic E-state index is 12.3. The first-order valence-corrected chi connectivity index (χ1v) is 9.41. The highest BCUT2D eigenvalue weighted by atomic mass is 35.6. The first-order chi connectivity index (χ1) is 13.1. The van der Waals surface area contributed by atoms with Crippen LogP contribution in [0.4, 0.5) is 11.4 Å². The summed E-state index contributed by atoms with van der Waals surface area (Å²) in [5.74, 6) is -0.367. The quantitative estimate of drug-likeness (QED) is 0.198. The number of alkyl halides is 3. The number of thiocarbonyl (C=S) groups is 1. The molecule has 0 saturated carbocycles. The number of amides is 1. The van der Waals surface area contributed by atoms with Crippen LogP contribution in [0.15, 0.2) is 54.6 Å². The second-order valence-electron chi connectivity index (χ2n) is 5.61. The molecule has 2 rings (SSSR count). The Morgan fingerprint density at radius 1 is 1.07 bits per heavy atom. The minimum Gasteiger partial charge on any atom is -0.339 e. The average molecular weight is 462 g/mol. The van der Waals surface area contributed by atoms with Crippen molar-refractivity contribution in [2.24, 2.45) is 0 Å². The van der Waals surface area contributed by atoms with Gasteiger partial charge in [0.05, 0.1) is 11.3 Å². The fourth-order valence-corrected chi connectivity index (χ4v) is 2.72. The Hall–Kier alpha value is -2.13. The van der Waals surface area contributed by atoms with Gasteiger partial charge < -0.3 is 16.0 Å². The highest BCUT2D eigenvalue weighted by molar-refractivity contribution is 7.80. The highest BCUT2D eigenvalue weighted by Crippen LogP contribution is 2.29. The number of hydrogen-bond donors (Lipinski definition) is 3. The Balaban J connectivity index is 1.98. The molecule has 0 radical (unpaired) electrons. The van der Waals surface area contributed by atoms with Crippen LogP contribution in [0.25, 0.3) is 0 Å². The molecule has 0 spiro atoms. The summed E-state index contributed by atoms with van der Waals surface area (Å²) in [5.41, 5.74) is 1.23. The van der Waals surface area contributed by atoms with E-state index in [1.54, 1.807) is 12.1 Å². The van der Waals surface area contributed by atoms with Crippen molar-refractivity contribution < 1.29 is 9.72 Å². The predicted octanol–water partition coefficient (Wildman–Crippen LogP) is 3.94. The average Bonchev–Trinajstić information content (AvgIpc) is 2.61. The van der Waals surface area contributed by atoms with Gasteiger partial charge in [-0.15, -0.1) is 0 Å². The van der Waals surface area contributed by atoms with Gasteiger partial charge in [0.25, 0.3) is 5.69 Å². The number of benzene rings is 2. The lowest BCUT2D eigenvalue weighted by molar-refractivity contribution is -0.384. The molecule has 28 heavy (non-hydrogen) atoms. The van der Waals surface area contributed by atoms with Crippen molar-refractivity contribution in [2.75, 3.05) is 5.32 Å². The fraction of sp³-hybridized carbons (Fsp3) is 0.176. The van der Waals surface area contributed by atoms with Crippen LogP contribution < -0.4 is 16.0 Å². The molecule has 1 unspecified atom stereocenters. The summed E-state index contributed by atoms with van der Waals surface area (Å²) in [4.78, 5) is 22.4. The van der Waals surface area contributed by atoms with Crippen molar-refractivity contribution in [2.45, 2.75) is 16.4 Å². The normalized spacial score (nSPS) is 12.0. The van der Waals surface area contributed by atoms with Gasteiger partial charge in [0.1, 0.15) is 6.17 Å². The summed E-state index contributed by atoms with van der Waals surface area (Å²) in [5, 5.41) is 18.9. The maximum Gasteiger partial charge on any atom is 0.269 e. The van der Waals surface area contributed by atoms with Crippen molar-refractivity contribution in [1.82, 2.24) is 10.6 Å². The van der Waals surface area contributed by atoms with Crippen LogP contribution in [-0.2, 0) is 11.2 Å². The van der Waals surface area contributed by atoms with Crippen LogP contribution in [-0.4, -0.2) is 25.9 Å². The molecule has 1 amide bonds. The van der Waals surface area contributed by atoms with Gasteiger partial charge in [-0.05, 0) is 29.9 Å². The van der Waals surface area contributed by atoms with Crippen molar-refractivity contribution >= 4 is 69.4 Å². The number of carbonyl (C=O) groups excluding carboxylic acids is 1. The lowest BCUT2D eigenvalue weighted by Gasteiger charge is -2.27. The van der Waals surface area contributed by atoms with E-state index in [0.29, 0.717) is 5.69 Å². The molecule has 0 aromatic heterocycles. The lowest BCUT2D eigenvalue weighted by atomic mass is 10.1. The van der Waals surface area contributed by atoms with E-state index in [4.69, 9.17) is 47.0 Å². The third-order valence-electron chi connectivity index (χ3n) is 3.45. The second-order valence-corrected chi connectivity index (χ2v) is 8.38. The van der Waals surface area contributed by atoms with Gasteiger partial charge in [0, 0.05) is 17.8 Å². The molecule has 7 nitrogen and oxygen atoms in total. The molecular formula is C17H15Cl3N4O3S. The molecule has 11 heteroatoms. The number of anilines is 1. The first-order valence-electron chi connectivity index (χ1n) is 7.87. The zero-order valence-corrected chi connectivity index (χ0v) is 17.3. The van der Waals surface area contributed by atoms with Crippen LogP contribution >= 0.6 is 47.0 Å². The van der Waals surface area contributed by atoms with E-state index in [0.717, 1.165) is 5.56 Å². The van der Waals surface area contributed by atoms with Gasteiger partial charge in [0.2, 0.25) is 9.70 Å². The molecule has 148 valence electrons. The van der Waals surface area contributed by atoms with Crippen LogP contribution in [0.5, 0.6) is 0 Å². The summed E-state index contributed by atoms with van der Waals surface area (Å²) in [6.45, 7) is 0. The molecule has 0 aliphatic heterocycles. The summed E-state index contributed by atoms with van der Waals surface area (Å²) in [6.07, 6.45) is -1.01. The first kappa shape index (κ1) is 22.2. The molecule has 0 bridgehead atoms. The van der Waals surface area contributed by atoms with Gasteiger partial charge in [-0.1, -0.05) is 65.1 Å². The van der Waals surface area contributed by atoms with Gasteiger partial charge in [-0.2, -0.15) is 0 Å². The Morgan fingerprint density at radius 3 is 2.21 bits per heavy atom. The van der Waals surface area contributed by atoms with Crippen molar-refractivity contribution in [1.29, 1.82) is 0 Å². The zero-order chi connectivity index (χ0) is 20.7. The number of carbonyl (C=O) groups is 1. The number of non-ortho nitro benzene ring substituents is 1. The molecule has 0 heterocycles. The third-order valence-corrected chi connectivity index (χ3v) is 4.33. The molecule has 0 saturated heterocycles. The number of halogens is 3. The molecule has 1 atom stereocenters. The summed E-state index contributed by atoms with van der Waals surface area (Å²) in [7, 11) is 0. The number of rotatable bonds is 6. The van der Waals surface area contributed by atoms with E-state index in [1.165, 1.54) is 24.3 Å². The van der Waals surface area contributed by atoms with E-state index in [-0.39, 0.29) is 23.1 Å². The monoisotopic (exact) mass is 460 g/mol. The SMILES string of the molecule is O=C(Cc1ccccc1)NC(NC(=S)Nc1ccc([N+](=O)[O-])cc1)C(Cl)(Cl)Cl. The smallest absolute Gasteiger partial charge is 0.269 e. The van der Waals surface area contributed by atoms with Crippen LogP contribution in [0, 0.1) is 10.1 Å². The minimum absolute atomic E-state index is 0.0585. The van der Waals surface area contributed by atoms with E-state index >= 15 is 0 Å². The number of nitro groups is 1. The van der Waals surface area contributed by atoms with Crippen molar-refractivity contribution in [3.8, 4) is 0 Å². The van der Waals surface area contributed by atoms with E-state index < -0.39 is 14.9 Å². The standard InChI is InChI=1S/C17H15Cl3N4O3S/c18-17(19,20)15(22-14(25)10-11-4-2-1-3-5-11)23-16(28)21-12-6-8-13(9-7-12)24(26)27/h1-9,15H,10H2,(H,22,25)(H2,21,23,28). The van der Waals surface area contributed by atoms with Gasteiger partial charge in [0.15, 0.2) is 5.11 Å². The second kappa shape index (κ2) is 9.88. The number of nitrogens with one attached hydrogen (secondary N) is 3. The minimum atomic E-state index is -1.88. The van der Waals surface area contributed by atoms with Crippen molar-refractivity contribution in [3.05, 3.63) is 70.3 Å². The van der Waals surface area contributed by atoms with Gasteiger partial charge in [-0.25, -0.2) is 0 Å². The van der Waals surface area contributed by atoms with Crippen LogP contribution in [0.3, 0.4) is 0 Å². The number of nitro benzene ring substituents is 1. The molecule has 3 N–H and O–H groups in total. The summed E-state index contributed by atoms with van der Waals surface area (Å²) < 4.78 is -1.88. The third kappa shape index (κ3) is 7.12. The topological polar surface area (TPSA) is 96.3 Å². The Labute approximate surface area is 181 Å². The number of nitrogens with zero attached hydrogens (tertiary/aromatic N) is 1. The van der Waals surface area contributed by atoms with Crippen molar-refractivity contribution in [3.63, 3.8) is 0 Å². The highest BCUT2D eigenvalue weighted by Gasteiger charge is 2.34. The molecular weight excluding hydrogens is 447 g/mol. The Morgan fingerprint density at radius 2 is 1.68 bits per heavy atom. The van der Waals surface area contributed by atoms with E-state index in [9.17, 15) is 14.9 Å². The van der Waals surface area contributed by atoms with Crippen LogP contribution in [0.1, 0.15) is 5.56 Å². The molecule has 0 aliphatic carbocycles. The molecule has 2 aromatic rings. The van der Waals surface area contributed by atoms with Gasteiger partial charge >= 0.3 is 0 Å². The predicted molar refractivity (Wildman–Crippen MR) is 115 cm³/mol. The fourth-order valence-electron chi connectivity index (χ4n) is 2.16. The lowest BCUT2D eigenvalue weighted by Crippen LogP contribution is -2.56. The Bertz CT molecular complexity index is 845. The maximum absolute atomic E-state index is 12.3. The van der Waals surface area contributed by atoms with Gasteiger partial charge in [-0.3, -0.25) is 14.9 Å². The zero-order valence-electron chi connectivity index (χ0n) is 14.2. The summed E-state index contributed by atoms with van der Waals surface area (Å²) >= 11 is 23.0. The molecule has 0 fully saturated rings. The van der Waals surface area contributed by atoms with E-state index in [2.05, 4.69) is 16.0 Å². The van der Waals surface area contributed by atoms with Crippen LogP contribution in [0.2, 0.25) is 0 Å². The number of hydrogen-bond acceptors (Lipinski definition) is 4. The summed E-state index contributed by atoms with van der Waals surface area (Å²) in [6, 6.07) is 14.7.